The van der Waals surface area contributed by atoms with E-state index in [-0.39, 0.29) is 30.3 Å². The molecule has 2 amide bonds. The molecule has 0 aliphatic carbocycles. The second-order valence-electron chi connectivity index (χ2n) is 9.89. The molecule has 0 N–H and O–H groups in total. The summed E-state index contributed by atoms with van der Waals surface area (Å²) in [6.07, 6.45) is 0.378. The first-order valence-electron chi connectivity index (χ1n) is 12.6. The molecule has 0 saturated carbocycles. The highest BCUT2D eigenvalue weighted by Gasteiger charge is 2.35. The highest BCUT2D eigenvalue weighted by molar-refractivity contribution is 5.96. The topological polar surface area (TPSA) is 58.4 Å². The normalized spacial score (nSPS) is 15.7. The highest BCUT2D eigenvalue weighted by atomic mass is 16.2. The van der Waals surface area contributed by atoms with Gasteiger partial charge in [0.2, 0.25) is 11.8 Å². The Kier molecular flexibility index (Phi) is 6.59. The lowest BCUT2D eigenvalue weighted by atomic mass is 10.1. The molecule has 1 atom stereocenters. The van der Waals surface area contributed by atoms with E-state index in [4.69, 9.17) is 4.98 Å². The third kappa shape index (κ3) is 4.76. The Hall–Kier alpha value is -3.93. The number of carbonyl (C=O) groups excluding carboxylic acids is 2. The fourth-order valence-corrected chi connectivity index (χ4v) is 5.06. The minimum absolute atomic E-state index is 0.0399. The van der Waals surface area contributed by atoms with Crippen molar-refractivity contribution in [1.82, 2.24) is 14.5 Å². The van der Waals surface area contributed by atoms with Crippen LogP contribution in [0.2, 0.25) is 0 Å². The number of carbonyl (C=O) groups is 2. The molecule has 0 radical (unpaired) electrons. The minimum atomic E-state index is -0.0835. The van der Waals surface area contributed by atoms with Gasteiger partial charge in [-0.25, -0.2) is 4.98 Å². The Bertz CT molecular complexity index is 1390. The van der Waals surface area contributed by atoms with E-state index in [1.165, 1.54) is 0 Å². The van der Waals surface area contributed by atoms with Gasteiger partial charge in [0, 0.05) is 37.2 Å². The summed E-state index contributed by atoms with van der Waals surface area (Å²) < 4.78 is 2.02. The van der Waals surface area contributed by atoms with Crippen LogP contribution >= 0.6 is 0 Å². The van der Waals surface area contributed by atoms with E-state index in [2.05, 4.69) is 0 Å². The summed E-state index contributed by atoms with van der Waals surface area (Å²) >= 11 is 0. The summed E-state index contributed by atoms with van der Waals surface area (Å²) in [5.41, 5.74) is 4.90. The first-order chi connectivity index (χ1) is 17.4. The summed E-state index contributed by atoms with van der Waals surface area (Å²) in [5.74, 6) is 0.845. The molecule has 6 heteroatoms. The third-order valence-corrected chi connectivity index (χ3v) is 6.92. The summed E-state index contributed by atoms with van der Waals surface area (Å²) in [5, 5.41) is 0. The van der Waals surface area contributed by atoms with Gasteiger partial charge >= 0.3 is 0 Å². The summed E-state index contributed by atoms with van der Waals surface area (Å²) in [6, 6.07) is 26.1. The van der Waals surface area contributed by atoms with Crippen molar-refractivity contribution in [3.05, 3.63) is 95.8 Å². The molecule has 4 aromatic rings. The number of rotatable bonds is 7. The molecular weight excluding hydrogens is 448 g/mol. The predicted octanol–water partition coefficient (Wildman–Crippen LogP) is 5.30. The quantitative estimate of drug-likeness (QED) is 0.361. The first-order valence-corrected chi connectivity index (χ1v) is 12.6. The van der Waals surface area contributed by atoms with E-state index in [0.717, 1.165) is 33.7 Å². The highest BCUT2D eigenvalue weighted by Crippen LogP contribution is 2.33. The van der Waals surface area contributed by atoms with Crippen molar-refractivity contribution in [2.45, 2.75) is 52.2 Å². The number of benzene rings is 3. The van der Waals surface area contributed by atoms with Gasteiger partial charge in [-0.3, -0.25) is 9.59 Å². The summed E-state index contributed by atoms with van der Waals surface area (Å²) in [7, 11) is 0. The van der Waals surface area contributed by atoms with Crippen molar-refractivity contribution in [2.75, 3.05) is 11.4 Å². The van der Waals surface area contributed by atoms with Gasteiger partial charge in [0.15, 0.2) is 0 Å². The van der Waals surface area contributed by atoms with Crippen molar-refractivity contribution in [1.29, 1.82) is 0 Å². The molecular formula is C30H32N4O2. The predicted molar refractivity (Wildman–Crippen MR) is 143 cm³/mol. The molecule has 1 aromatic heterocycles. The fraction of sp³-hybridized carbons (Fsp3) is 0.300. The number of aryl methyl sites for hydroxylation is 1. The van der Waals surface area contributed by atoms with E-state index in [1.54, 1.807) is 0 Å². The molecule has 36 heavy (non-hydrogen) atoms. The zero-order valence-corrected chi connectivity index (χ0v) is 21.1. The van der Waals surface area contributed by atoms with Crippen LogP contribution in [-0.2, 0) is 22.7 Å². The molecule has 0 spiro atoms. The average molecular weight is 481 g/mol. The molecule has 1 unspecified atom stereocenters. The van der Waals surface area contributed by atoms with Crippen LogP contribution in [-0.4, -0.2) is 38.9 Å². The van der Waals surface area contributed by atoms with Crippen molar-refractivity contribution in [3.63, 3.8) is 0 Å². The largest absolute Gasteiger partial charge is 0.334 e. The minimum Gasteiger partial charge on any atom is -0.334 e. The maximum absolute atomic E-state index is 13.7. The zero-order chi connectivity index (χ0) is 25.2. The number of para-hydroxylation sites is 2. The van der Waals surface area contributed by atoms with Gasteiger partial charge in [0.05, 0.1) is 11.0 Å². The number of nitrogens with zero attached hydrogens (tertiary/aromatic N) is 4. The van der Waals surface area contributed by atoms with E-state index in [1.807, 2.05) is 114 Å². The molecule has 2 heterocycles. The molecule has 3 aromatic carbocycles. The van der Waals surface area contributed by atoms with Crippen LogP contribution in [0.4, 0.5) is 5.69 Å². The van der Waals surface area contributed by atoms with Crippen LogP contribution in [0.1, 0.15) is 43.1 Å². The Morgan fingerprint density at radius 2 is 1.78 bits per heavy atom. The number of fused-ring (bicyclic) bond motifs is 1. The van der Waals surface area contributed by atoms with Crippen LogP contribution in [0.5, 0.6) is 0 Å². The van der Waals surface area contributed by atoms with Crippen molar-refractivity contribution in [2.24, 2.45) is 0 Å². The average Bonchev–Trinajstić information content (AvgIpc) is 3.43. The lowest BCUT2D eigenvalue weighted by molar-refractivity contribution is -0.134. The molecule has 0 bridgehead atoms. The van der Waals surface area contributed by atoms with Gasteiger partial charge in [-0.15, -0.1) is 0 Å². The smallest absolute Gasteiger partial charge is 0.243 e. The van der Waals surface area contributed by atoms with Crippen molar-refractivity contribution < 1.29 is 9.59 Å². The third-order valence-electron chi connectivity index (χ3n) is 6.92. The van der Waals surface area contributed by atoms with Gasteiger partial charge in [0.1, 0.15) is 12.4 Å². The molecule has 1 aliphatic heterocycles. The SMILES string of the molecule is Cc1cccc(N2CC(c3nc4ccccc4n3CC(=O)N(Cc3ccccc3)C(C)C)CC2=O)c1. The maximum Gasteiger partial charge on any atom is 0.243 e. The Morgan fingerprint density at radius 1 is 1.03 bits per heavy atom. The Labute approximate surface area is 212 Å². The van der Waals surface area contributed by atoms with Crippen LogP contribution in [0.25, 0.3) is 11.0 Å². The maximum atomic E-state index is 13.7. The lowest BCUT2D eigenvalue weighted by Crippen LogP contribution is -2.39. The number of hydrogen-bond acceptors (Lipinski definition) is 3. The summed E-state index contributed by atoms with van der Waals surface area (Å²) in [6.45, 7) is 7.42. The number of aromatic nitrogens is 2. The zero-order valence-electron chi connectivity index (χ0n) is 21.1. The van der Waals surface area contributed by atoms with Gasteiger partial charge in [-0.2, -0.15) is 0 Å². The van der Waals surface area contributed by atoms with Crippen LogP contribution in [0.3, 0.4) is 0 Å². The van der Waals surface area contributed by atoms with Crippen LogP contribution in [0, 0.1) is 6.92 Å². The molecule has 1 saturated heterocycles. The Balaban J connectivity index is 1.45. The molecule has 184 valence electrons. The lowest BCUT2D eigenvalue weighted by Gasteiger charge is -2.28. The van der Waals surface area contributed by atoms with Crippen LogP contribution in [0.15, 0.2) is 78.9 Å². The number of imidazole rings is 1. The van der Waals surface area contributed by atoms with E-state index >= 15 is 0 Å². The van der Waals surface area contributed by atoms with Crippen molar-refractivity contribution >= 4 is 28.5 Å². The number of hydrogen-bond donors (Lipinski definition) is 0. The van der Waals surface area contributed by atoms with Gasteiger partial charge in [-0.05, 0) is 56.2 Å². The van der Waals surface area contributed by atoms with E-state index in [9.17, 15) is 9.59 Å². The fourth-order valence-electron chi connectivity index (χ4n) is 5.06. The van der Waals surface area contributed by atoms with Gasteiger partial charge in [-0.1, -0.05) is 54.6 Å². The molecule has 1 fully saturated rings. The second kappa shape index (κ2) is 9.97. The number of anilines is 1. The monoisotopic (exact) mass is 480 g/mol. The van der Waals surface area contributed by atoms with Gasteiger partial charge < -0.3 is 14.4 Å². The Morgan fingerprint density at radius 3 is 2.53 bits per heavy atom. The van der Waals surface area contributed by atoms with Crippen molar-refractivity contribution in [3.8, 4) is 0 Å². The molecule has 1 aliphatic rings. The molecule has 5 rings (SSSR count). The van der Waals surface area contributed by atoms with Crippen LogP contribution < -0.4 is 4.90 Å². The first kappa shape index (κ1) is 23.8. The standard InChI is InChI=1S/C30H32N4O2/c1-21(2)32(18-23-11-5-4-6-12-23)29(36)20-34-27-15-8-7-14-26(27)31-30(34)24-17-28(35)33(19-24)25-13-9-10-22(3)16-25/h4-16,21,24H,17-20H2,1-3H3. The van der Waals surface area contributed by atoms with E-state index in [0.29, 0.717) is 19.5 Å². The van der Waals surface area contributed by atoms with E-state index < -0.39 is 0 Å². The van der Waals surface area contributed by atoms with Gasteiger partial charge in [0.25, 0.3) is 0 Å². The molecule has 6 nitrogen and oxygen atoms in total. The second-order valence-corrected chi connectivity index (χ2v) is 9.89. The number of amides is 2. The summed E-state index contributed by atoms with van der Waals surface area (Å²) in [4.78, 5) is 35.4.